The van der Waals surface area contributed by atoms with Gasteiger partial charge in [0.05, 0.1) is 0 Å². The van der Waals surface area contributed by atoms with Gasteiger partial charge in [0.15, 0.2) is 74.9 Å². The Labute approximate surface area is 847 Å². The molecular formula is C113H176O9Si15. The number of hydrogen-bond acceptors (Lipinski definition) is 9. The second kappa shape index (κ2) is 43.1. The minimum Gasteiger partial charge on any atom is -0.455 e. The first-order chi connectivity index (χ1) is 64.0. The molecule has 0 amide bonds. The average molecular weight is 2100 g/mol. The second-order valence-electron chi connectivity index (χ2n) is 51.6. The summed E-state index contributed by atoms with van der Waals surface area (Å²) in [6.45, 7) is 67.5. The first kappa shape index (κ1) is 109. The van der Waals surface area contributed by atoms with Crippen molar-refractivity contribution >= 4 is 162 Å². The lowest BCUT2D eigenvalue weighted by atomic mass is 10.1. The van der Waals surface area contributed by atoms with Crippen molar-refractivity contribution in [1.82, 2.24) is 0 Å². The molecule has 24 heteroatoms. The van der Waals surface area contributed by atoms with E-state index in [9.17, 15) is 0 Å². The van der Waals surface area contributed by atoms with Gasteiger partial charge in [0, 0.05) is 11.1 Å². The van der Waals surface area contributed by atoms with Gasteiger partial charge >= 0.3 is 17.4 Å². The predicted octanol–water partition coefficient (Wildman–Crippen LogP) is 28.2. The summed E-state index contributed by atoms with van der Waals surface area (Å²) in [5.41, 5.74) is 4.05. The van der Waals surface area contributed by atoms with Gasteiger partial charge in [-0.1, -0.05) is 285 Å². The SMILES string of the molecule is C[Si](C)(C)O[Si](C)(C)C1CC2C=CC1C2.C[Si](C)(C)O[Si](C)(O[Si](C)(C)C)C1CC2C=CC1C2.C[Si](C)(C)O[Si](C)(c1ccccc1)C1CC2C=CC1C2.C[Si](C)(C)O[Si](O[Si](C)(C)C)(O[Si](C)(C)C)C1CC2C=CC1C2.C[Si](C)(C)O[Si](c1ccccc1)(c1ccccc1)C1CC2C=CC1C2.C[Si](O[Si](c1ccccc1)(c1ccccc1)c1ccccc1)(c1ccccc1)C1CC2C=CC1C2. The monoisotopic (exact) mass is 2100 g/mol. The summed E-state index contributed by atoms with van der Waals surface area (Å²) in [6, 6.07) is 77.8. The molecule has 137 heavy (non-hydrogen) atoms. The molecule has 742 valence electrons. The van der Waals surface area contributed by atoms with Crippen LogP contribution in [0.5, 0.6) is 0 Å². The molecule has 19 rings (SSSR count). The molecule has 0 spiro atoms. The quantitative estimate of drug-likeness (QED) is 0.0240. The lowest BCUT2D eigenvalue weighted by Gasteiger charge is -2.47. The van der Waals surface area contributed by atoms with Crippen molar-refractivity contribution in [2.75, 3.05) is 0 Å². The number of fused-ring (bicyclic) bond motifs is 12. The maximum absolute atomic E-state index is 8.05. The fraction of sp³-hybridized carbons (Fsp3) is 0.522. The van der Waals surface area contributed by atoms with Crippen molar-refractivity contribution in [3.8, 4) is 0 Å². The highest BCUT2D eigenvalue weighted by Gasteiger charge is 2.63. The lowest BCUT2D eigenvalue weighted by Crippen LogP contribution is -2.75. The summed E-state index contributed by atoms with van der Waals surface area (Å²) in [6.07, 6.45) is 45.2. The minimum absolute atomic E-state index is 0.475. The van der Waals surface area contributed by atoms with Gasteiger partial charge in [0.2, 0.25) is 25.0 Å². The largest absolute Gasteiger partial charge is 0.473 e. The van der Waals surface area contributed by atoms with Gasteiger partial charge in [-0.2, -0.15) is 0 Å². The van der Waals surface area contributed by atoms with Gasteiger partial charge in [-0.3, -0.25) is 0 Å². The maximum atomic E-state index is 8.05. The Morgan fingerprint density at radius 2 is 0.394 bits per heavy atom. The van der Waals surface area contributed by atoms with Crippen LogP contribution in [0.4, 0.5) is 0 Å². The summed E-state index contributed by atoms with van der Waals surface area (Å²) in [4.78, 5) is 0. The summed E-state index contributed by atoms with van der Waals surface area (Å²) in [7, 11) is -28.6. The molecule has 9 nitrogen and oxygen atoms in total. The summed E-state index contributed by atoms with van der Waals surface area (Å²) >= 11 is 0. The zero-order valence-electron chi connectivity index (χ0n) is 89.7. The molecule has 12 aliphatic carbocycles. The van der Waals surface area contributed by atoms with Gasteiger partial charge in [0.1, 0.15) is 0 Å². The molecule has 0 radical (unpaired) electrons. The van der Waals surface area contributed by atoms with E-state index in [1.165, 1.54) is 113 Å². The highest BCUT2D eigenvalue weighted by Crippen LogP contribution is 2.59. The number of allylic oxidation sites excluding steroid dienone is 12. The van der Waals surface area contributed by atoms with Crippen molar-refractivity contribution in [3.63, 3.8) is 0 Å². The third-order valence-electron chi connectivity index (χ3n) is 30.6. The van der Waals surface area contributed by atoms with Crippen LogP contribution in [0.2, 0.25) is 223 Å². The number of hydrogen-bond donors (Lipinski definition) is 0. The highest BCUT2D eigenvalue weighted by molar-refractivity contribution is 7.12. The Bertz CT molecular complexity index is 5060. The Hall–Kier alpha value is -4.13. The number of benzene rings is 7. The third-order valence-corrected chi connectivity index (χ3v) is 85.5. The van der Waals surface area contributed by atoms with Gasteiger partial charge in [0.25, 0.3) is 8.32 Å². The number of rotatable bonds is 31. The van der Waals surface area contributed by atoms with E-state index in [4.69, 9.17) is 37.0 Å². The zero-order chi connectivity index (χ0) is 99.0. The van der Waals surface area contributed by atoms with Gasteiger partial charge in [-0.25, -0.2) is 0 Å². The van der Waals surface area contributed by atoms with Crippen LogP contribution in [0, 0.1) is 71.0 Å². The van der Waals surface area contributed by atoms with Crippen LogP contribution in [-0.2, 0) is 37.0 Å². The van der Waals surface area contributed by atoms with E-state index in [0.29, 0.717) is 45.8 Å². The average Bonchev–Trinajstić information content (AvgIpc) is 1.70. The lowest BCUT2D eigenvalue weighted by molar-refractivity contribution is 0.226. The molecule has 0 aliphatic heterocycles. The molecule has 7 aromatic carbocycles. The predicted molar refractivity (Wildman–Crippen MR) is 623 cm³/mol. The van der Waals surface area contributed by atoms with Crippen LogP contribution >= 0.6 is 0 Å². The van der Waals surface area contributed by atoms with Crippen molar-refractivity contribution in [1.29, 1.82) is 0 Å². The minimum atomic E-state index is -2.80. The van der Waals surface area contributed by atoms with Gasteiger partial charge in [-0.15, -0.1) is 0 Å². The Balaban J connectivity index is 0.000000134. The van der Waals surface area contributed by atoms with E-state index in [2.05, 4.69) is 475 Å². The van der Waals surface area contributed by atoms with Crippen LogP contribution in [0.3, 0.4) is 0 Å². The summed E-state index contributed by atoms with van der Waals surface area (Å²) < 4.78 is 62.8. The Morgan fingerprint density at radius 1 is 0.175 bits per heavy atom. The second-order valence-corrected chi connectivity index (χ2v) is 115. The molecule has 12 aliphatic rings. The van der Waals surface area contributed by atoms with E-state index in [1.54, 1.807) is 0 Å². The van der Waals surface area contributed by atoms with Crippen LogP contribution in [0.25, 0.3) is 0 Å². The molecule has 7 aromatic rings. The standard InChI is InChI=1S/C32H32OSi2.C22H28OSi2.C17H26OSi2.C16H36O3Si4.C14H30O2Si3.C12H24OSi2/c1-34(28-14-6-2-7-15-28,32-25-26-22-23-27(32)24-26)33-35(29-16-8-3-9-17-29,30-18-10-4-11-19-30)31-20-12-5-13-21-31;1-24(2,3)23-25(20-10-6-4-7-11-20,21-12-8-5-9-13-21)22-17-18-14-15-19(22)16-18;1-19(2,3)18-20(4,16-8-6-5-7-9-16)17-13-14-10-11-15(17)12-14;1-20(2,3)17-23(18-21(4,5)6,19-22(7,8)9)16-13-14-10-11-15(16)12-14;1-17(2,3)15-19(7,16-18(4,5)6)14-11-12-8-9-13(14)10-12;1-14(2,3)13-15(4,5)12-9-10-6-7-11(12)8-10/h2-23,26-27,32H,24-25H2,1H3;4-15,18-19,22H,16-17H2,1-3H3;5-11,14-15,17H,12-13H2,1-4H3;10-11,14-16H,12-13H2,1-9H3;8-9,12-14H,10-11H2,1-7H3;6-7,10-12H,8-9H2,1-5H3. The Kier molecular flexibility index (Phi) is 34.2. The smallest absolute Gasteiger partial charge is 0.455 e. The molecule has 0 heterocycles. The maximum Gasteiger partial charge on any atom is 0.473 e. The summed E-state index contributed by atoms with van der Waals surface area (Å²) in [5.74, 6) is 8.99. The van der Waals surface area contributed by atoms with Crippen molar-refractivity contribution in [3.05, 3.63) is 285 Å². The molecule has 0 aromatic heterocycles. The van der Waals surface area contributed by atoms with Gasteiger partial charge < -0.3 is 37.0 Å². The molecule has 0 N–H and O–H groups in total. The molecule has 12 bridgehead atoms. The van der Waals surface area contributed by atoms with Crippen LogP contribution in [0.15, 0.2) is 285 Å². The zero-order valence-corrected chi connectivity index (χ0v) is 105. The van der Waals surface area contributed by atoms with Crippen molar-refractivity contribution < 1.29 is 37.0 Å². The molecule has 6 saturated carbocycles. The fourth-order valence-electron chi connectivity index (χ4n) is 26.6. The Morgan fingerprint density at radius 3 is 0.635 bits per heavy atom. The normalized spacial score (nSPS) is 28.0. The van der Waals surface area contributed by atoms with Crippen molar-refractivity contribution in [2.45, 2.75) is 300 Å². The van der Waals surface area contributed by atoms with E-state index in [-0.39, 0.29) is 0 Å². The van der Waals surface area contributed by atoms with Crippen LogP contribution < -0.4 is 36.3 Å². The van der Waals surface area contributed by atoms with Crippen LogP contribution in [0.1, 0.15) is 77.0 Å². The highest BCUT2D eigenvalue weighted by atomic mass is 28.5. The topological polar surface area (TPSA) is 83.1 Å². The van der Waals surface area contributed by atoms with E-state index in [0.717, 1.165) is 58.4 Å². The molecule has 20 unspecified atom stereocenters. The first-order valence-electron chi connectivity index (χ1n) is 52.8. The third kappa shape index (κ3) is 27.2. The van der Waals surface area contributed by atoms with E-state index in [1.807, 2.05) is 0 Å². The van der Waals surface area contributed by atoms with Crippen molar-refractivity contribution in [2.24, 2.45) is 71.0 Å². The molecular weight excluding hydrogens is 1920 g/mol. The summed E-state index contributed by atoms with van der Waals surface area (Å²) in [5, 5.41) is 9.80. The van der Waals surface area contributed by atoms with E-state index < -0.39 is 125 Å². The van der Waals surface area contributed by atoms with Crippen LogP contribution in [-0.4, -0.2) is 125 Å². The molecule has 0 saturated heterocycles. The van der Waals surface area contributed by atoms with Gasteiger partial charge in [-0.05, 0) is 396 Å². The fourth-order valence-corrected chi connectivity index (χ4v) is 93.8. The van der Waals surface area contributed by atoms with E-state index >= 15 is 0 Å². The first-order valence-corrected chi connectivity index (χ1v) is 96.1. The molecule has 20 atom stereocenters. The molecule has 6 fully saturated rings.